The highest BCUT2D eigenvalue weighted by molar-refractivity contribution is 4.86. The van der Waals surface area contributed by atoms with Crippen LogP contribution in [0, 0.1) is 0 Å². The monoisotopic (exact) mass is 198 g/mol. The molecule has 0 bridgehead atoms. The van der Waals surface area contributed by atoms with Gasteiger partial charge in [0.15, 0.2) is 0 Å². The molecular formula is C11H24N3+. The van der Waals surface area contributed by atoms with E-state index in [1.807, 2.05) is 0 Å². The summed E-state index contributed by atoms with van der Waals surface area (Å²) in [5.74, 6) is 0. The van der Waals surface area contributed by atoms with E-state index < -0.39 is 0 Å². The van der Waals surface area contributed by atoms with Crippen molar-refractivity contribution in [3.63, 3.8) is 0 Å². The Hall–Kier alpha value is -0.120. The summed E-state index contributed by atoms with van der Waals surface area (Å²) in [7, 11) is 0. The van der Waals surface area contributed by atoms with E-state index in [0.717, 1.165) is 6.04 Å². The molecule has 5 N–H and O–H groups in total. The smallest absolute Gasteiger partial charge is 0.0770 e. The fourth-order valence-electron chi connectivity index (χ4n) is 2.76. The van der Waals surface area contributed by atoms with Crippen LogP contribution in [0.15, 0.2) is 0 Å². The quantitative estimate of drug-likeness (QED) is 0.564. The van der Waals surface area contributed by atoms with Crippen LogP contribution in [0.2, 0.25) is 0 Å². The van der Waals surface area contributed by atoms with E-state index in [1.54, 1.807) is 0 Å². The summed E-state index contributed by atoms with van der Waals surface area (Å²) in [5, 5.41) is 6.18. The summed E-state index contributed by atoms with van der Waals surface area (Å²) in [5.41, 5.74) is 6.13. The van der Waals surface area contributed by atoms with Crippen LogP contribution in [0.25, 0.3) is 0 Å². The first kappa shape index (κ1) is 10.4. The lowest BCUT2D eigenvalue weighted by atomic mass is 9.90. The minimum absolute atomic E-state index is 0.412. The van der Waals surface area contributed by atoms with Crippen LogP contribution < -0.4 is 16.4 Å². The van der Waals surface area contributed by atoms with Crippen molar-refractivity contribution in [1.29, 1.82) is 0 Å². The summed E-state index contributed by atoms with van der Waals surface area (Å²) in [4.78, 5) is 0. The molecule has 0 aromatic rings. The SMILES string of the molecule is NC1CCCCC1NC1CC[NH2+]CC1. The minimum atomic E-state index is 0.412. The summed E-state index contributed by atoms with van der Waals surface area (Å²) in [6.07, 6.45) is 7.85. The summed E-state index contributed by atoms with van der Waals surface area (Å²) in [6.45, 7) is 2.58. The molecule has 0 spiro atoms. The zero-order valence-electron chi connectivity index (χ0n) is 9.04. The van der Waals surface area contributed by atoms with Crippen LogP contribution in [0.4, 0.5) is 0 Å². The van der Waals surface area contributed by atoms with Gasteiger partial charge in [-0.25, -0.2) is 0 Å². The minimum Gasteiger partial charge on any atom is -0.346 e. The third-order valence-electron chi connectivity index (χ3n) is 3.71. The zero-order chi connectivity index (χ0) is 9.80. The van der Waals surface area contributed by atoms with Gasteiger partial charge in [0.05, 0.1) is 13.1 Å². The van der Waals surface area contributed by atoms with Crippen molar-refractivity contribution in [3.8, 4) is 0 Å². The van der Waals surface area contributed by atoms with Crippen LogP contribution in [0.1, 0.15) is 38.5 Å². The van der Waals surface area contributed by atoms with Crippen LogP contribution in [-0.4, -0.2) is 31.2 Å². The van der Waals surface area contributed by atoms with Gasteiger partial charge in [-0.3, -0.25) is 0 Å². The topological polar surface area (TPSA) is 54.7 Å². The van der Waals surface area contributed by atoms with Crippen molar-refractivity contribution >= 4 is 0 Å². The molecule has 82 valence electrons. The maximum absolute atomic E-state index is 6.13. The van der Waals surface area contributed by atoms with Crippen LogP contribution in [0.5, 0.6) is 0 Å². The zero-order valence-corrected chi connectivity index (χ0v) is 9.04. The molecule has 1 heterocycles. The second kappa shape index (κ2) is 5.10. The number of nitrogens with two attached hydrogens (primary N) is 2. The van der Waals surface area contributed by atoms with Gasteiger partial charge in [0.2, 0.25) is 0 Å². The van der Waals surface area contributed by atoms with Gasteiger partial charge >= 0.3 is 0 Å². The first-order valence-electron chi connectivity index (χ1n) is 6.19. The fraction of sp³-hybridized carbons (Fsp3) is 1.00. The van der Waals surface area contributed by atoms with Crippen molar-refractivity contribution in [2.45, 2.75) is 56.7 Å². The molecule has 2 fully saturated rings. The largest absolute Gasteiger partial charge is 0.346 e. The lowest BCUT2D eigenvalue weighted by molar-refractivity contribution is -0.663. The number of hydrogen-bond acceptors (Lipinski definition) is 2. The molecular weight excluding hydrogens is 174 g/mol. The highest BCUT2D eigenvalue weighted by Crippen LogP contribution is 2.18. The molecule has 1 saturated carbocycles. The molecule has 0 amide bonds. The fourth-order valence-corrected chi connectivity index (χ4v) is 2.76. The molecule has 0 aromatic heterocycles. The number of nitrogens with one attached hydrogen (secondary N) is 1. The van der Waals surface area contributed by atoms with Gasteiger partial charge < -0.3 is 16.4 Å². The summed E-state index contributed by atoms with van der Waals surface area (Å²) >= 11 is 0. The molecule has 0 aromatic carbocycles. The van der Waals surface area contributed by atoms with Crippen molar-refractivity contribution < 1.29 is 5.32 Å². The molecule has 1 aliphatic carbocycles. The standard InChI is InChI=1S/C11H23N3/c12-10-3-1-2-4-11(10)14-9-5-7-13-8-6-9/h9-11,13-14H,1-8,12H2/p+1. The van der Waals surface area contributed by atoms with E-state index in [2.05, 4.69) is 10.6 Å². The molecule has 2 aliphatic rings. The van der Waals surface area contributed by atoms with E-state index in [1.165, 1.54) is 51.6 Å². The first-order valence-corrected chi connectivity index (χ1v) is 6.19. The third-order valence-corrected chi connectivity index (χ3v) is 3.71. The Bertz CT molecular complexity index is 166. The Balaban J connectivity index is 1.76. The summed E-state index contributed by atoms with van der Waals surface area (Å²) in [6, 6.07) is 1.76. The maximum Gasteiger partial charge on any atom is 0.0770 e. The van der Waals surface area contributed by atoms with Gasteiger partial charge in [-0.15, -0.1) is 0 Å². The Morgan fingerprint density at radius 3 is 2.43 bits per heavy atom. The van der Waals surface area contributed by atoms with Crippen LogP contribution in [-0.2, 0) is 0 Å². The van der Waals surface area contributed by atoms with E-state index in [9.17, 15) is 0 Å². The molecule has 2 atom stereocenters. The van der Waals surface area contributed by atoms with Gasteiger partial charge in [-0.2, -0.15) is 0 Å². The number of piperidine rings is 1. The lowest BCUT2D eigenvalue weighted by Crippen LogP contribution is -2.87. The van der Waals surface area contributed by atoms with Crippen LogP contribution >= 0.6 is 0 Å². The molecule has 0 radical (unpaired) electrons. The van der Waals surface area contributed by atoms with E-state index >= 15 is 0 Å². The maximum atomic E-state index is 6.13. The van der Waals surface area contributed by atoms with Crippen LogP contribution in [0.3, 0.4) is 0 Å². The van der Waals surface area contributed by atoms with Gasteiger partial charge in [0.25, 0.3) is 0 Å². The van der Waals surface area contributed by atoms with Gasteiger partial charge in [0, 0.05) is 31.0 Å². The van der Waals surface area contributed by atoms with E-state index in [-0.39, 0.29) is 0 Å². The molecule has 2 unspecified atom stereocenters. The Kier molecular flexibility index (Phi) is 3.79. The van der Waals surface area contributed by atoms with Gasteiger partial charge in [-0.1, -0.05) is 12.8 Å². The van der Waals surface area contributed by atoms with E-state index in [0.29, 0.717) is 12.1 Å². The Labute approximate surface area is 86.8 Å². The second-order valence-electron chi connectivity index (χ2n) is 4.86. The van der Waals surface area contributed by atoms with Crippen molar-refractivity contribution in [3.05, 3.63) is 0 Å². The van der Waals surface area contributed by atoms with Crippen molar-refractivity contribution in [2.24, 2.45) is 5.73 Å². The number of rotatable bonds is 2. The predicted molar refractivity (Wildman–Crippen MR) is 58.0 cm³/mol. The second-order valence-corrected chi connectivity index (χ2v) is 4.86. The molecule has 3 nitrogen and oxygen atoms in total. The van der Waals surface area contributed by atoms with Gasteiger partial charge in [-0.05, 0) is 12.8 Å². The van der Waals surface area contributed by atoms with E-state index in [4.69, 9.17) is 5.73 Å². The Morgan fingerprint density at radius 1 is 1.00 bits per heavy atom. The average Bonchev–Trinajstić information content (AvgIpc) is 2.23. The normalized spacial score (nSPS) is 35.8. The average molecular weight is 198 g/mol. The van der Waals surface area contributed by atoms with Crippen molar-refractivity contribution in [2.75, 3.05) is 13.1 Å². The Morgan fingerprint density at radius 2 is 1.71 bits per heavy atom. The van der Waals surface area contributed by atoms with Gasteiger partial charge in [0.1, 0.15) is 0 Å². The first-order chi connectivity index (χ1) is 6.86. The molecule has 3 heteroatoms. The lowest BCUT2D eigenvalue weighted by Gasteiger charge is -2.34. The molecule has 14 heavy (non-hydrogen) atoms. The molecule has 1 saturated heterocycles. The third kappa shape index (κ3) is 2.69. The molecule has 1 aliphatic heterocycles. The number of quaternary nitrogens is 1. The predicted octanol–water partition coefficient (Wildman–Crippen LogP) is -0.428. The highest BCUT2D eigenvalue weighted by atomic mass is 15.0. The number of hydrogen-bond donors (Lipinski definition) is 3. The molecule has 2 rings (SSSR count). The van der Waals surface area contributed by atoms with Crippen molar-refractivity contribution in [1.82, 2.24) is 5.32 Å². The summed E-state index contributed by atoms with van der Waals surface area (Å²) < 4.78 is 0. The highest BCUT2D eigenvalue weighted by Gasteiger charge is 2.25.